The maximum atomic E-state index is 3.83. The van der Waals surface area contributed by atoms with Crippen LogP contribution >= 0.6 is 24.8 Å². The molecule has 1 aliphatic rings. The van der Waals surface area contributed by atoms with E-state index < -0.39 is 0 Å². The van der Waals surface area contributed by atoms with Gasteiger partial charge in [0.15, 0.2) is 0 Å². The van der Waals surface area contributed by atoms with Gasteiger partial charge in [0.05, 0.1) is 0 Å². The maximum absolute atomic E-state index is 3.83. The Labute approximate surface area is 158 Å². The first-order chi connectivity index (χ1) is 10.2. The van der Waals surface area contributed by atoms with Crippen molar-refractivity contribution in [3.8, 4) is 0 Å². The van der Waals surface area contributed by atoms with Gasteiger partial charge >= 0.3 is 0 Å². The van der Waals surface area contributed by atoms with E-state index in [1.807, 2.05) is 0 Å². The maximum Gasteiger partial charge on any atom is 0.0486 e. The molecule has 1 aliphatic heterocycles. The van der Waals surface area contributed by atoms with Crippen LogP contribution in [0.25, 0.3) is 10.9 Å². The molecule has 1 aromatic heterocycles. The van der Waals surface area contributed by atoms with Crippen molar-refractivity contribution in [3.63, 3.8) is 0 Å². The third-order valence-corrected chi connectivity index (χ3v) is 4.73. The summed E-state index contributed by atoms with van der Waals surface area (Å²) in [6.07, 6.45) is 1.08. The number of hydrogen-bond acceptors (Lipinski definition) is 2. The van der Waals surface area contributed by atoms with Gasteiger partial charge in [-0.15, -0.1) is 24.8 Å². The number of nitrogens with one attached hydrogen (secondary N) is 1. The van der Waals surface area contributed by atoms with Crippen LogP contribution in [0, 0.1) is 0 Å². The van der Waals surface area contributed by atoms with Gasteiger partial charge in [0.2, 0.25) is 0 Å². The van der Waals surface area contributed by atoms with E-state index in [-0.39, 0.29) is 35.9 Å². The highest BCUT2D eigenvalue weighted by molar-refractivity contribution is 5.87. The Kier molecular flexibility index (Phi) is 6.43. The van der Waals surface area contributed by atoms with Crippen LogP contribution in [0.1, 0.15) is 39.0 Å². The highest BCUT2D eigenvalue weighted by Gasteiger charge is 2.40. The fourth-order valence-corrected chi connectivity index (χ4v) is 4.16. The molecule has 1 aromatic carbocycles. The molecule has 0 bridgehead atoms. The molecule has 0 saturated heterocycles. The number of rotatable bonds is 3. The molecule has 136 valence electrons. The van der Waals surface area contributed by atoms with Gasteiger partial charge < -0.3 is 14.8 Å². The fourth-order valence-electron chi connectivity index (χ4n) is 4.16. The summed E-state index contributed by atoms with van der Waals surface area (Å²) in [5.74, 6) is 0. The number of hydrogen-bond donors (Lipinski definition) is 1. The van der Waals surface area contributed by atoms with E-state index in [9.17, 15) is 0 Å². The Hall–Kier alpha value is -0.740. The van der Waals surface area contributed by atoms with Crippen molar-refractivity contribution in [2.24, 2.45) is 0 Å². The monoisotopic (exact) mass is 371 g/mol. The first-order valence-electron chi connectivity index (χ1n) is 8.26. The molecular formula is C19H31Cl2N3. The van der Waals surface area contributed by atoms with Crippen LogP contribution in [0.4, 0.5) is 0 Å². The summed E-state index contributed by atoms with van der Waals surface area (Å²) in [5.41, 5.74) is 4.50. The topological polar surface area (TPSA) is 20.2 Å². The third-order valence-electron chi connectivity index (χ3n) is 4.73. The van der Waals surface area contributed by atoms with Gasteiger partial charge in [0.1, 0.15) is 0 Å². The molecule has 0 amide bonds. The van der Waals surface area contributed by atoms with Crippen molar-refractivity contribution in [3.05, 3.63) is 35.5 Å². The molecule has 2 aromatic rings. The normalized spacial score (nSPS) is 18.0. The van der Waals surface area contributed by atoms with Crippen LogP contribution in [0.2, 0.25) is 0 Å². The summed E-state index contributed by atoms with van der Waals surface area (Å²) in [4.78, 5) is 2.26. The second-order valence-electron chi connectivity index (χ2n) is 8.10. The lowest BCUT2D eigenvalue weighted by Crippen LogP contribution is -2.55. The molecule has 0 aliphatic carbocycles. The SMILES string of the molecule is CN(C)CCn1c2c(c3ccccc31)C(C)(C)NC(C)(C)C2.Cl.Cl. The quantitative estimate of drug-likeness (QED) is 0.871. The highest BCUT2D eigenvalue weighted by atomic mass is 35.5. The minimum atomic E-state index is 0. The minimum Gasteiger partial charge on any atom is -0.343 e. The predicted octanol–water partition coefficient (Wildman–Crippen LogP) is 4.21. The molecule has 5 heteroatoms. The zero-order valence-corrected chi connectivity index (χ0v) is 17.3. The molecule has 0 unspecified atom stereocenters. The van der Waals surface area contributed by atoms with Crippen molar-refractivity contribution >= 4 is 35.7 Å². The molecule has 0 saturated carbocycles. The summed E-state index contributed by atoms with van der Waals surface area (Å²) in [7, 11) is 4.29. The lowest BCUT2D eigenvalue weighted by atomic mass is 9.80. The average molecular weight is 372 g/mol. The molecule has 0 fully saturated rings. The van der Waals surface area contributed by atoms with Gasteiger partial charge in [-0.25, -0.2) is 0 Å². The number of fused-ring (bicyclic) bond motifs is 3. The van der Waals surface area contributed by atoms with Crippen molar-refractivity contribution < 1.29 is 0 Å². The Bertz CT molecular complexity index is 702. The zero-order valence-electron chi connectivity index (χ0n) is 15.6. The van der Waals surface area contributed by atoms with Gasteiger partial charge in [-0.2, -0.15) is 0 Å². The number of likely N-dealkylation sites (N-methyl/N-ethyl adjacent to an activating group) is 1. The van der Waals surface area contributed by atoms with Gasteiger partial charge in [0.25, 0.3) is 0 Å². The average Bonchev–Trinajstić information content (AvgIpc) is 2.67. The molecule has 1 N–H and O–H groups in total. The Morgan fingerprint density at radius 3 is 2.33 bits per heavy atom. The van der Waals surface area contributed by atoms with E-state index in [4.69, 9.17) is 0 Å². The van der Waals surface area contributed by atoms with Gasteiger partial charge in [-0.3, -0.25) is 0 Å². The number of nitrogens with zero attached hydrogens (tertiary/aromatic N) is 2. The van der Waals surface area contributed by atoms with E-state index in [2.05, 4.69) is 80.8 Å². The molecule has 0 radical (unpaired) electrons. The standard InChI is InChI=1S/C19H29N3.2ClH/c1-18(2)13-16-17(19(3,4)20-18)14-9-7-8-10-15(14)22(16)12-11-21(5)6;;/h7-10,20H,11-13H2,1-6H3;2*1H. The molecule has 2 heterocycles. The number of para-hydroxylation sites is 1. The summed E-state index contributed by atoms with van der Waals surface area (Å²) >= 11 is 0. The molecule has 3 rings (SSSR count). The van der Waals surface area contributed by atoms with Crippen molar-refractivity contribution in [2.45, 2.75) is 51.7 Å². The molecular weight excluding hydrogens is 341 g/mol. The lowest BCUT2D eigenvalue weighted by Gasteiger charge is -2.43. The van der Waals surface area contributed by atoms with Crippen LogP contribution in [0.3, 0.4) is 0 Å². The number of aromatic nitrogens is 1. The van der Waals surface area contributed by atoms with Crippen LogP contribution in [-0.4, -0.2) is 35.6 Å². The number of halogens is 2. The largest absolute Gasteiger partial charge is 0.343 e. The van der Waals surface area contributed by atoms with E-state index in [0.717, 1.165) is 19.5 Å². The van der Waals surface area contributed by atoms with E-state index in [1.165, 1.54) is 22.2 Å². The summed E-state index contributed by atoms with van der Waals surface area (Å²) in [6, 6.07) is 8.87. The van der Waals surface area contributed by atoms with E-state index in [1.54, 1.807) is 0 Å². The van der Waals surface area contributed by atoms with Gasteiger partial charge in [0, 0.05) is 52.7 Å². The molecule has 0 atom stereocenters. The van der Waals surface area contributed by atoms with E-state index in [0.29, 0.717) is 0 Å². The smallest absolute Gasteiger partial charge is 0.0486 e. The summed E-state index contributed by atoms with van der Waals surface area (Å²) in [5, 5.41) is 5.24. The van der Waals surface area contributed by atoms with Gasteiger partial charge in [-0.05, 0) is 47.9 Å². The first kappa shape index (κ1) is 21.3. The molecule has 0 spiro atoms. The van der Waals surface area contributed by atoms with Crippen molar-refractivity contribution in [1.82, 2.24) is 14.8 Å². The number of benzene rings is 1. The second kappa shape index (κ2) is 7.25. The van der Waals surface area contributed by atoms with E-state index >= 15 is 0 Å². The predicted molar refractivity (Wildman–Crippen MR) is 109 cm³/mol. The third kappa shape index (κ3) is 3.75. The van der Waals surface area contributed by atoms with Gasteiger partial charge in [-0.1, -0.05) is 18.2 Å². The molecule has 24 heavy (non-hydrogen) atoms. The second-order valence-corrected chi connectivity index (χ2v) is 8.10. The highest BCUT2D eigenvalue weighted by Crippen LogP contribution is 2.40. The lowest BCUT2D eigenvalue weighted by molar-refractivity contribution is 0.237. The Morgan fingerprint density at radius 1 is 1.08 bits per heavy atom. The Balaban J connectivity index is 0.00000144. The zero-order chi connectivity index (χ0) is 16.1. The van der Waals surface area contributed by atoms with Crippen LogP contribution < -0.4 is 5.32 Å². The summed E-state index contributed by atoms with van der Waals surface area (Å²) in [6.45, 7) is 11.4. The molecule has 3 nitrogen and oxygen atoms in total. The van der Waals surface area contributed by atoms with Crippen molar-refractivity contribution in [1.29, 1.82) is 0 Å². The summed E-state index contributed by atoms with van der Waals surface area (Å²) < 4.78 is 2.55. The fraction of sp³-hybridized carbons (Fsp3) is 0.579. The minimum absolute atomic E-state index is 0. The van der Waals surface area contributed by atoms with Crippen LogP contribution in [0.5, 0.6) is 0 Å². The van der Waals surface area contributed by atoms with Crippen LogP contribution in [0.15, 0.2) is 24.3 Å². The first-order valence-corrected chi connectivity index (χ1v) is 8.26. The van der Waals surface area contributed by atoms with Crippen molar-refractivity contribution in [2.75, 3.05) is 20.6 Å². The van der Waals surface area contributed by atoms with Crippen LogP contribution in [-0.2, 0) is 18.5 Å². The Morgan fingerprint density at radius 2 is 1.71 bits per heavy atom.